The van der Waals surface area contributed by atoms with Gasteiger partial charge in [0, 0.05) is 24.4 Å². The molecule has 0 aliphatic heterocycles. The summed E-state index contributed by atoms with van der Waals surface area (Å²) in [5.41, 5.74) is 5.98. The number of nitrogens with one attached hydrogen (secondary N) is 1. The van der Waals surface area contributed by atoms with Gasteiger partial charge in [0.15, 0.2) is 0 Å². The van der Waals surface area contributed by atoms with E-state index in [4.69, 9.17) is 22.1 Å². The second-order valence-electron chi connectivity index (χ2n) is 2.96. The van der Waals surface area contributed by atoms with Crippen molar-refractivity contribution in [1.29, 1.82) is 0 Å². The van der Waals surface area contributed by atoms with Crippen molar-refractivity contribution in [3.63, 3.8) is 0 Å². The van der Waals surface area contributed by atoms with E-state index >= 15 is 0 Å². The lowest BCUT2D eigenvalue weighted by Gasteiger charge is -2.12. The number of anilines is 1. The summed E-state index contributed by atoms with van der Waals surface area (Å²) in [6.45, 7) is 0.142. The first-order valence-electron chi connectivity index (χ1n) is 4.46. The van der Waals surface area contributed by atoms with Crippen LogP contribution in [0.3, 0.4) is 0 Å². The number of carbonyl (C=O) groups is 1. The summed E-state index contributed by atoms with van der Waals surface area (Å²) in [7, 11) is 1.44. The molecule has 5 heteroatoms. The zero-order chi connectivity index (χ0) is 11.3. The van der Waals surface area contributed by atoms with Crippen LogP contribution in [-0.4, -0.2) is 25.7 Å². The van der Waals surface area contributed by atoms with Crippen LogP contribution >= 0.6 is 11.6 Å². The van der Waals surface area contributed by atoms with Crippen molar-refractivity contribution >= 4 is 23.2 Å². The molecule has 1 atom stereocenters. The molecule has 82 valence electrons. The van der Waals surface area contributed by atoms with E-state index in [-0.39, 0.29) is 12.5 Å². The van der Waals surface area contributed by atoms with Gasteiger partial charge in [-0.1, -0.05) is 17.7 Å². The molecule has 1 unspecified atom stereocenters. The van der Waals surface area contributed by atoms with Gasteiger partial charge in [-0.05, 0) is 18.2 Å². The molecule has 0 saturated heterocycles. The van der Waals surface area contributed by atoms with Crippen molar-refractivity contribution in [2.75, 3.05) is 19.0 Å². The zero-order valence-electron chi connectivity index (χ0n) is 8.37. The van der Waals surface area contributed by atoms with Crippen molar-refractivity contribution in [2.24, 2.45) is 5.73 Å². The largest absolute Gasteiger partial charge is 0.370 e. The Morgan fingerprint density at radius 3 is 2.93 bits per heavy atom. The highest BCUT2D eigenvalue weighted by Gasteiger charge is 2.15. The summed E-state index contributed by atoms with van der Waals surface area (Å²) in [4.78, 5) is 11.5. The van der Waals surface area contributed by atoms with E-state index in [1.165, 1.54) is 7.11 Å². The predicted molar refractivity (Wildman–Crippen MR) is 59.9 cm³/mol. The number of nitrogens with two attached hydrogens (primary N) is 1. The number of hydrogen-bond acceptors (Lipinski definition) is 3. The Balaban J connectivity index is 2.65. The smallest absolute Gasteiger partial charge is 0.254 e. The summed E-state index contributed by atoms with van der Waals surface area (Å²) in [6.07, 6.45) is -0.635. The van der Waals surface area contributed by atoms with Gasteiger partial charge in [-0.2, -0.15) is 0 Å². The van der Waals surface area contributed by atoms with Gasteiger partial charge >= 0.3 is 0 Å². The molecular formula is C10H13ClN2O2. The number of amides is 1. The van der Waals surface area contributed by atoms with Gasteiger partial charge < -0.3 is 15.8 Å². The number of hydrogen-bond donors (Lipinski definition) is 2. The van der Waals surface area contributed by atoms with E-state index in [0.717, 1.165) is 0 Å². The Labute approximate surface area is 93.4 Å². The minimum absolute atomic E-state index is 0.142. The minimum atomic E-state index is -0.635. The maximum absolute atomic E-state index is 11.5. The second-order valence-corrected chi connectivity index (χ2v) is 3.40. The van der Waals surface area contributed by atoms with Gasteiger partial charge in [-0.15, -0.1) is 0 Å². The summed E-state index contributed by atoms with van der Waals surface area (Å²) < 4.78 is 4.89. The first kappa shape index (κ1) is 12.0. The molecule has 1 aromatic carbocycles. The highest BCUT2D eigenvalue weighted by molar-refractivity contribution is 6.30. The quantitative estimate of drug-likeness (QED) is 0.815. The number of methoxy groups -OCH3 is 1. The summed E-state index contributed by atoms with van der Waals surface area (Å²) in [5, 5.41) is 3.22. The van der Waals surface area contributed by atoms with Crippen LogP contribution in [0.1, 0.15) is 0 Å². The molecule has 0 spiro atoms. The summed E-state index contributed by atoms with van der Waals surface area (Å²) in [6, 6.07) is 6.88. The lowest BCUT2D eigenvalue weighted by atomic mass is 10.3. The maximum atomic E-state index is 11.5. The monoisotopic (exact) mass is 228 g/mol. The van der Waals surface area contributed by atoms with Crippen LogP contribution in [0.5, 0.6) is 0 Å². The highest BCUT2D eigenvalue weighted by Crippen LogP contribution is 2.15. The van der Waals surface area contributed by atoms with E-state index in [0.29, 0.717) is 10.7 Å². The molecule has 0 saturated carbocycles. The van der Waals surface area contributed by atoms with E-state index in [1.807, 2.05) is 0 Å². The minimum Gasteiger partial charge on any atom is -0.370 e. The zero-order valence-corrected chi connectivity index (χ0v) is 9.12. The molecule has 1 rings (SSSR count). The number of carbonyl (C=O) groups excluding carboxylic acids is 1. The molecule has 0 heterocycles. The maximum Gasteiger partial charge on any atom is 0.254 e. The van der Waals surface area contributed by atoms with E-state index < -0.39 is 6.10 Å². The number of rotatable bonds is 4. The summed E-state index contributed by atoms with van der Waals surface area (Å²) in [5.74, 6) is -0.276. The Morgan fingerprint density at radius 1 is 1.67 bits per heavy atom. The molecule has 1 amide bonds. The first-order chi connectivity index (χ1) is 7.17. The molecule has 0 aromatic heterocycles. The molecule has 3 N–H and O–H groups in total. The van der Waals surface area contributed by atoms with Crippen molar-refractivity contribution in [3.8, 4) is 0 Å². The third kappa shape index (κ3) is 3.51. The summed E-state index contributed by atoms with van der Waals surface area (Å²) >= 11 is 5.77. The molecule has 0 bridgehead atoms. The lowest BCUT2D eigenvalue weighted by Crippen LogP contribution is -2.35. The van der Waals surface area contributed by atoms with Gasteiger partial charge in [0.05, 0.1) is 0 Å². The Kier molecular flexibility index (Phi) is 4.55. The van der Waals surface area contributed by atoms with E-state index in [1.54, 1.807) is 24.3 Å². The van der Waals surface area contributed by atoms with Crippen molar-refractivity contribution in [3.05, 3.63) is 29.3 Å². The fourth-order valence-corrected chi connectivity index (χ4v) is 1.29. The van der Waals surface area contributed by atoms with Crippen LogP contribution in [0.2, 0.25) is 5.02 Å². The van der Waals surface area contributed by atoms with Crippen LogP contribution < -0.4 is 11.1 Å². The van der Waals surface area contributed by atoms with Gasteiger partial charge in [0.25, 0.3) is 5.91 Å². The fourth-order valence-electron chi connectivity index (χ4n) is 1.10. The molecular weight excluding hydrogens is 216 g/mol. The van der Waals surface area contributed by atoms with Crippen LogP contribution in [-0.2, 0) is 9.53 Å². The lowest BCUT2D eigenvalue weighted by molar-refractivity contribution is -0.125. The van der Waals surface area contributed by atoms with Gasteiger partial charge in [-0.3, -0.25) is 4.79 Å². The van der Waals surface area contributed by atoms with Crippen LogP contribution in [0, 0.1) is 0 Å². The van der Waals surface area contributed by atoms with Crippen LogP contribution in [0.4, 0.5) is 5.69 Å². The molecule has 0 fully saturated rings. The Hall–Kier alpha value is -1.10. The standard InChI is InChI=1S/C10H13ClN2O2/c1-15-9(6-12)10(14)13-8-4-2-3-7(11)5-8/h2-5,9H,6,12H2,1H3,(H,13,14). The average Bonchev–Trinajstić information content (AvgIpc) is 2.19. The number of halogens is 1. The van der Waals surface area contributed by atoms with Crippen molar-refractivity contribution in [1.82, 2.24) is 0 Å². The molecule has 0 aliphatic rings. The molecule has 0 aliphatic carbocycles. The molecule has 0 radical (unpaired) electrons. The van der Waals surface area contributed by atoms with E-state index in [2.05, 4.69) is 5.32 Å². The highest BCUT2D eigenvalue weighted by atomic mass is 35.5. The van der Waals surface area contributed by atoms with E-state index in [9.17, 15) is 4.79 Å². The predicted octanol–water partition coefficient (Wildman–Crippen LogP) is 1.25. The third-order valence-electron chi connectivity index (χ3n) is 1.88. The molecule has 15 heavy (non-hydrogen) atoms. The Morgan fingerprint density at radius 2 is 2.40 bits per heavy atom. The molecule has 4 nitrogen and oxygen atoms in total. The third-order valence-corrected chi connectivity index (χ3v) is 2.12. The van der Waals surface area contributed by atoms with Gasteiger partial charge in [-0.25, -0.2) is 0 Å². The Bertz CT molecular complexity index is 340. The van der Waals surface area contributed by atoms with Crippen molar-refractivity contribution < 1.29 is 9.53 Å². The molecule has 1 aromatic rings. The van der Waals surface area contributed by atoms with Crippen LogP contribution in [0.15, 0.2) is 24.3 Å². The number of ether oxygens (including phenoxy) is 1. The first-order valence-corrected chi connectivity index (χ1v) is 4.84. The van der Waals surface area contributed by atoms with Gasteiger partial charge in [0.1, 0.15) is 6.10 Å². The van der Waals surface area contributed by atoms with Crippen LogP contribution in [0.25, 0.3) is 0 Å². The normalized spacial score (nSPS) is 12.2. The topological polar surface area (TPSA) is 64.3 Å². The van der Waals surface area contributed by atoms with Crippen molar-refractivity contribution in [2.45, 2.75) is 6.10 Å². The SMILES string of the molecule is COC(CN)C(=O)Nc1cccc(Cl)c1. The number of benzene rings is 1. The second kappa shape index (κ2) is 5.70. The fraction of sp³-hybridized carbons (Fsp3) is 0.300. The average molecular weight is 229 g/mol. The van der Waals surface area contributed by atoms with Gasteiger partial charge in [0.2, 0.25) is 0 Å².